The van der Waals surface area contributed by atoms with Crippen LogP contribution in [0.4, 0.5) is 0 Å². The molecule has 0 bridgehead atoms. The number of carbonyl (C=O) groups is 2. The SMILES string of the molecule is CCNC(=O)c1cccc(CNC(=O)c2cc(Cl)c(-n3cccc3)cc2OC)c1. The highest BCUT2D eigenvalue weighted by molar-refractivity contribution is 6.33. The van der Waals surface area contributed by atoms with Gasteiger partial charge in [-0.2, -0.15) is 0 Å². The number of hydrogen-bond acceptors (Lipinski definition) is 3. The van der Waals surface area contributed by atoms with E-state index in [4.69, 9.17) is 16.3 Å². The summed E-state index contributed by atoms with van der Waals surface area (Å²) in [5.41, 5.74) is 2.43. The maximum Gasteiger partial charge on any atom is 0.255 e. The van der Waals surface area contributed by atoms with Crippen LogP contribution in [-0.4, -0.2) is 30.0 Å². The van der Waals surface area contributed by atoms with E-state index < -0.39 is 0 Å². The van der Waals surface area contributed by atoms with Crippen LogP contribution in [0.1, 0.15) is 33.2 Å². The third-order valence-electron chi connectivity index (χ3n) is 4.38. The average Bonchev–Trinajstić information content (AvgIpc) is 3.26. The van der Waals surface area contributed by atoms with Crippen molar-refractivity contribution in [2.75, 3.05) is 13.7 Å². The molecule has 0 radical (unpaired) electrons. The number of carbonyl (C=O) groups excluding carboxylic acids is 2. The number of aromatic nitrogens is 1. The third kappa shape index (κ3) is 4.78. The molecule has 0 aliphatic rings. The monoisotopic (exact) mass is 411 g/mol. The quantitative estimate of drug-likeness (QED) is 0.620. The van der Waals surface area contributed by atoms with E-state index in [1.807, 2.05) is 42.1 Å². The molecule has 6 nitrogen and oxygen atoms in total. The van der Waals surface area contributed by atoms with Crippen LogP contribution in [0.2, 0.25) is 5.02 Å². The van der Waals surface area contributed by atoms with Gasteiger partial charge in [0, 0.05) is 37.1 Å². The molecule has 2 amide bonds. The minimum absolute atomic E-state index is 0.144. The molecule has 0 spiro atoms. The zero-order valence-corrected chi connectivity index (χ0v) is 17.0. The smallest absolute Gasteiger partial charge is 0.255 e. The number of ether oxygens (including phenoxy) is 1. The molecule has 0 fully saturated rings. The van der Waals surface area contributed by atoms with E-state index in [1.165, 1.54) is 7.11 Å². The zero-order valence-electron chi connectivity index (χ0n) is 16.2. The van der Waals surface area contributed by atoms with E-state index in [-0.39, 0.29) is 18.4 Å². The number of hydrogen-bond donors (Lipinski definition) is 2. The van der Waals surface area contributed by atoms with Crippen LogP contribution >= 0.6 is 11.6 Å². The van der Waals surface area contributed by atoms with Crippen molar-refractivity contribution in [2.24, 2.45) is 0 Å². The molecule has 0 atom stereocenters. The number of nitrogens with zero attached hydrogens (tertiary/aromatic N) is 1. The van der Waals surface area contributed by atoms with E-state index in [9.17, 15) is 9.59 Å². The Morgan fingerprint density at radius 1 is 1.03 bits per heavy atom. The van der Waals surface area contributed by atoms with E-state index in [0.29, 0.717) is 28.4 Å². The molecular formula is C22H22ClN3O3. The summed E-state index contributed by atoms with van der Waals surface area (Å²) in [6.45, 7) is 2.69. The van der Waals surface area contributed by atoms with Gasteiger partial charge in [0.15, 0.2) is 0 Å². The van der Waals surface area contributed by atoms with Crippen molar-refractivity contribution >= 4 is 23.4 Å². The van der Waals surface area contributed by atoms with Gasteiger partial charge in [-0.3, -0.25) is 9.59 Å². The van der Waals surface area contributed by atoms with Crippen LogP contribution in [0.15, 0.2) is 60.9 Å². The topological polar surface area (TPSA) is 72.4 Å². The lowest BCUT2D eigenvalue weighted by molar-refractivity contribution is 0.0944. The van der Waals surface area contributed by atoms with Crippen molar-refractivity contribution in [2.45, 2.75) is 13.5 Å². The van der Waals surface area contributed by atoms with Crippen LogP contribution in [0, 0.1) is 0 Å². The van der Waals surface area contributed by atoms with Crippen LogP contribution in [0.3, 0.4) is 0 Å². The minimum Gasteiger partial charge on any atom is -0.496 e. The molecular weight excluding hydrogens is 390 g/mol. The maximum absolute atomic E-state index is 12.7. The normalized spacial score (nSPS) is 10.4. The summed E-state index contributed by atoms with van der Waals surface area (Å²) in [7, 11) is 1.51. The first-order valence-electron chi connectivity index (χ1n) is 9.19. The molecule has 150 valence electrons. The fourth-order valence-electron chi connectivity index (χ4n) is 2.94. The number of amides is 2. The van der Waals surface area contributed by atoms with Gasteiger partial charge in [-0.15, -0.1) is 0 Å². The molecule has 3 rings (SSSR count). The van der Waals surface area contributed by atoms with Gasteiger partial charge in [0.05, 0.1) is 23.4 Å². The van der Waals surface area contributed by atoms with Crippen molar-refractivity contribution in [1.29, 1.82) is 0 Å². The summed E-state index contributed by atoms with van der Waals surface area (Å²) in [5.74, 6) is -0.0346. The predicted octanol–water partition coefficient (Wildman–Crippen LogP) is 3.82. The highest BCUT2D eigenvalue weighted by atomic mass is 35.5. The van der Waals surface area contributed by atoms with Crippen LogP contribution < -0.4 is 15.4 Å². The number of benzene rings is 2. The Morgan fingerprint density at radius 2 is 1.79 bits per heavy atom. The van der Waals surface area contributed by atoms with Gasteiger partial charge in [0.1, 0.15) is 5.75 Å². The summed E-state index contributed by atoms with van der Waals surface area (Å²) in [6, 6.07) is 14.2. The van der Waals surface area contributed by atoms with Crippen LogP contribution in [0.5, 0.6) is 5.75 Å². The summed E-state index contributed by atoms with van der Waals surface area (Å²) in [4.78, 5) is 24.7. The Hall–Kier alpha value is -3.25. The number of rotatable bonds is 7. The molecule has 2 N–H and O–H groups in total. The van der Waals surface area contributed by atoms with Gasteiger partial charge in [-0.1, -0.05) is 23.7 Å². The van der Waals surface area contributed by atoms with Crippen molar-refractivity contribution < 1.29 is 14.3 Å². The van der Waals surface area contributed by atoms with Gasteiger partial charge in [0.2, 0.25) is 0 Å². The van der Waals surface area contributed by atoms with Crippen molar-refractivity contribution in [3.63, 3.8) is 0 Å². The first-order valence-corrected chi connectivity index (χ1v) is 9.57. The molecule has 1 heterocycles. The van der Waals surface area contributed by atoms with Crippen molar-refractivity contribution in [3.05, 3.63) is 82.6 Å². The molecule has 29 heavy (non-hydrogen) atoms. The Bertz CT molecular complexity index is 1020. The lowest BCUT2D eigenvalue weighted by Crippen LogP contribution is -2.25. The van der Waals surface area contributed by atoms with E-state index in [0.717, 1.165) is 11.3 Å². The lowest BCUT2D eigenvalue weighted by atomic mass is 10.1. The highest BCUT2D eigenvalue weighted by Crippen LogP contribution is 2.30. The lowest BCUT2D eigenvalue weighted by Gasteiger charge is -2.14. The fraction of sp³-hybridized carbons (Fsp3) is 0.182. The Morgan fingerprint density at radius 3 is 2.48 bits per heavy atom. The van der Waals surface area contributed by atoms with Crippen molar-refractivity contribution in [1.82, 2.24) is 15.2 Å². The minimum atomic E-state index is -0.314. The molecule has 2 aromatic carbocycles. The predicted molar refractivity (Wildman–Crippen MR) is 113 cm³/mol. The van der Waals surface area contributed by atoms with Gasteiger partial charge < -0.3 is 19.9 Å². The van der Waals surface area contributed by atoms with Gasteiger partial charge in [-0.25, -0.2) is 0 Å². The van der Waals surface area contributed by atoms with Crippen LogP contribution in [0.25, 0.3) is 5.69 Å². The molecule has 7 heteroatoms. The fourth-order valence-corrected chi connectivity index (χ4v) is 3.21. The first-order chi connectivity index (χ1) is 14.0. The third-order valence-corrected chi connectivity index (χ3v) is 4.68. The summed E-state index contributed by atoms with van der Waals surface area (Å²) in [5, 5.41) is 6.05. The second-order valence-corrected chi connectivity index (χ2v) is 6.74. The maximum atomic E-state index is 12.7. The summed E-state index contributed by atoms with van der Waals surface area (Å²) in [6.07, 6.45) is 3.73. The molecule has 1 aromatic heterocycles. The van der Waals surface area contributed by atoms with Crippen molar-refractivity contribution in [3.8, 4) is 11.4 Å². The largest absolute Gasteiger partial charge is 0.496 e. The summed E-state index contributed by atoms with van der Waals surface area (Å²) >= 11 is 6.40. The Labute approximate surface area is 174 Å². The molecule has 0 unspecified atom stereocenters. The molecule has 0 aliphatic carbocycles. The first kappa shape index (κ1) is 20.5. The Kier molecular flexibility index (Phi) is 6.57. The van der Waals surface area contributed by atoms with E-state index in [2.05, 4.69) is 10.6 Å². The zero-order chi connectivity index (χ0) is 20.8. The molecule has 0 saturated carbocycles. The average molecular weight is 412 g/mol. The second-order valence-electron chi connectivity index (χ2n) is 6.34. The highest BCUT2D eigenvalue weighted by Gasteiger charge is 2.17. The van der Waals surface area contributed by atoms with Gasteiger partial charge >= 0.3 is 0 Å². The van der Waals surface area contributed by atoms with E-state index in [1.54, 1.807) is 30.3 Å². The molecule has 0 aliphatic heterocycles. The second kappa shape index (κ2) is 9.30. The Balaban J connectivity index is 1.77. The summed E-state index contributed by atoms with van der Waals surface area (Å²) < 4.78 is 7.25. The van der Waals surface area contributed by atoms with Gasteiger partial charge in [-0.05, 0) is 42.8 Å². The van der Waals surface area contributed by atoms with E-state index >= 15 is 0 Å². The van der Waals surface area contributed by atoms with Crippen LogP contribution in [-0.2, 0) is 6.54 Å². The number of methoxy groups -OCH3 is 1. The van der Waals surface area contributed by atoms with Gasteiger partial charge in [0.25, 0.3) is 11.8 Å². The molecule has 0 saturated heterocycles. The number of halogens is 1. The molecule has 3 aromatic rings. The standard InChI is InChI=1S/C22H22ClN3O3/c1-3-24-21(27)16-8-6-7-15(11-16)14-25-22(28)17-12-18(23)19(13-20(17)29-2)26-9-4-5-10-26/h4-13H,3,14H2,1-2H3,(H,24,27)(H,25,28). The number of nitrogens with one attached hydrogen (secondary N) is 2.